The number of amides is 1. The number of carbonyl (C=O) groups excluding carboxylic acids is 1. The van der Waals surface area contributed by atoms with Crippen molar-refractivity contribution >= 4 is 30.7 Å². The lowest BCUT2D eigenvalue weighted by molar-refractivity contribution is -0.116. The number of carbonyl (C=O) groups is 1. The van der Waals surface area contributed by atoms with Crippen molar-refractivity contribution in [1.82, 2.24) is 19.5 Å². The molecule has 2 saturated heterocycles. The predicted molar refractivity (Wildman–Crippen MR) is 88.0 cm³/mol. The Balaban J connectivity index is 1.59. The molecule has 4 atom stereocenters. The molecule has 0 saturated carbocycles. The third kappa shape index (κ3) is 3.24. The van der Waals surface area contributed by atoms with E-state index in [2.05, 4.69) is 20.3 Å². The average molecular weight is 383 g/mol. The van der Waals surface area contributed by atoms with Crippen molar-refractivity contribution in [3.05, 3.63) is 12.7 Å². The third-order valence-electron chi connectivity index (χ3n) is 4.25. The molecule has 2 N–H and O–H groups in total. The topological polar surface area (TPSA) is 138 Å². The summed E-state index contributed by atoms with van der Waals surface area (Å²) in [5.41, 5.74) is 0.934. The van der Waals surface area contributed by atoms with E-state index in [9.17, 15) is 14.3 Å². The van der Waals surface area contributed by atoms with Crippen LogP contribution in [-0.2, 0) is 23.1 Å². The minimum atomic E-state index is -4.02. The highest BCUT2D eigenvalue weighted by Gasteiger charge is 2.46. The third-order valence-corrected chi connectivity index (χ3v) is 5.27. The molecule has 2 aliphatic heterocycles. The Morgan fingerprint density at radius 3 is 3.08 bits per heavy atom. The Hall–Kier alpha value is -1.91. The molecule has 4 rings (SSSR count). The Morgan fingerprint density at radius 1 is 1.42 bits per heavy atom. The lowest BCUT2D eigenvalue weighted by Gasteiger charge is -2.26. The van der Waals surface area contributed by atoms with Crippen LogP contribution in [-0.4, -0.2) is 49.1 Å². The number of aromatic nitrogens is 4. The molecular weight excluding hydrogens is 365 g/mol. The van der Waals surface area contributed by atoms with E-state index in [1.54, 1.807) is 4.57 Å². The van der Waals surface area contributed by atoms with Crippen LogP contribution in [0.4, 0.5) is 5.82 Å². The summed E-state index contributed by atoms with van der Waals surface area (Å²) >= 11 is 0. The Morgan fingerprint density at radius 2 is 2.27 bits per heavy atom. The van der Waals surface area contributed by atoms with Gasteiger partial charge in [0, 0.05) is 12.8 Å². The standard InChI is InChI=1S/C14H18N5O6P/c1-2-3-10(20)18-13-12-14(16-6-15-13)19(7-17-12)11-4-8-9(24-11)5-23-26(21,22)25-8/h6-9,11H,2-5H2,1H3,(H,21,22)(H,15,16,18,20). The smallest absolute Gasteiger partial charge is 0.349 e. The first-order valence-electron chi connectivity index (χ1n) is 8.25. The number of fused-ring (bicyclic) bond motifs is 2. The van der Waals surface area contributed by atoms with Gasteiger partial charge in [-0.2, -0.15) is 0 Å². The zero-order chi connectivity index (χ0) is 18.3. The van der Waals surface area contributed by atoms with E-state index in [-0.39, 0.29) is 12.5 Å². The fourth-order valence-corrected chi connectivity index (χ4v) is 4.04. The SMILES string of the molecule is CCCC(=O)Nc1ncnc2c1ncn2C1CC2OP(=O)(O)OCC2O1. The van der Waals surface area contributed by atoms with Crippen LogP contribution in [0.25, 0.3) is 11.2 Å². The number of nitrogens with one attached hydrogen (secondary N) is 1. The summed E-state index contributed by atoms with van der Waals surface area (Å²) in [5, 5.41) is 2.73. The van der Waals surface area contributed by atoms with Crippen molar-refractivity contribution < 1.29 is 28.0 Å². The van der Waals surface area contributed by atoms with Gasteiger partial charge in [-0.3, -0.25) is 18.4 Å². The van der Waals surface area contributed by atoms with Crippen LogP contribution in [0.2, 0.25) is 0 Å². The van der Waals surface area contributed by atoms with E-state index < -0.39 is 26.3 Å². The number of phosphoric ester groups is 1. The fraction of sp³-hybridized carbons (Fsp3) is 0.571. The van der Waals surface area contributed by atoms with Crippen molar-refractivity contribution in [1.29, 1.82) is 0 Å². The molecule has 11 nitrogen and oxygen atoms in total. The first-order valence-corrected chi connectivity index (χ1v) is 9.75. The van der Waals surface area contributed by atoms with Crippen molar-refractivity contribution in [2.75, 3.05) is 11.9 Å². The first-order chi connectivity index (χ1) is 12.5. The summed E-state index contributed by atoms with van der Waals surface area (Å²) in [4.78, 5) is 33.9. The molecule has 0 aromatic carbocycles. The first kappa shape index (κ1) is 17.5. The van der Waals surface area contributed by atoms with E-state index in [0.717, 1.165) is 6.42 Å². The second kappa shape index (κ2) is 6.67. The molecule has 0 bridgehead atoms. The van der Waals surface area contributed by atoms with E-state index >= 15 is 0 Å². The van der Waals surface area contributed by atoms with Crippen molar-refractivity contribution in [2.45, 2.75) is 44.6 Å². The Bertz CT molecular complexity index is 888. The quantitative estimate of drug-likeness (QED) is 0.750. The number of hydrogen-bond acceptors (Lipinski definition) is 8. The minimum Gasteiger partial charge on any atom is -0.349 e. The van der Waals surface area contributed by atoms with Gasteiger partial charge in [-0.1, -0.05) is 6.92 Å². The maximum Gasteiger partial charge on any atom is 0.472 e. The van der Waals surface area contributed by atoms with Crippen LogP contribution < -0.4 is 5.32 Å². The second-order valence-corrected chi connectivity index (χ2v) is 7.52. The summed E-state index contributed by atoms with van der Waals surface area (Å²) in [5.74, 6) is 0.191. The summed E-state index contributed by atoms with van der Waals surface area (Å²) in [6, 6.07) is 0. The largest absolute Gasteiger partial charge is 0.472 e. The summed E-state index contributed by atoms with van der Waals surface area (Å²) in [7, 11) is -4.02. The molecule has 2 fully saturated rings. The van der Waals surface area contributed by atoms with Gasteiger partial charge in [0.25, 0.3) is 0 Å². The van der Waals surface area contributed by atoms with Crippen LogP contribution in [0.15, 0.2) is 12.7 Å². The van der Waals surface area contributed by atoms with E-state index in [0.29, 0.717) is 29.8 Å². The van der Waals surface area contributed by atoms with Gasteiger partial charge in [0.15, 0.2) is 17.0 Å². The molecule has 2 aromatic rings. The van der Waals surface area contributed by atoms with Gasteiger partial charge < -0.3 is 14.9 Å². The highest BCUT2D eigenvalue weighted by molar-refractivity contribution is 7.47. The average Bonchev–Trinajstić information content (AvgIpc) is 3.17. The fourth-order valence-electron chi connectivity index (χ4n) is 3.08. The van der Waals surface area contributed by atoms with Crippen LogP contribution in [0, 0.1) is 0 Å². The van der Waals surface area contributed by atoms with Gasteiger partial charge in [0.05, 0.1) is 12.9 Å². The molecule has 12 heteroatoms. The zero-order valence-electron chi connectivity index (χ0n) is 13.9. The molecule has 26 heavy (non-hydrogen) atoms. The van der Waals surface area contributed by atoms with Crippen LogP contribution in [0.3, 0.4) is 0 Å². The zero-order valence-corrected chi connectivity index (χ0v) is 14.8. The predicted octanol–water partition coefficient (Wildman–Crippen LogP) is 1.37. The highest BCUT2D eigenvalue weighted by atomic mass is 31.2. The van der Waals surface area contributed by atoms with E-state index in [1.807, 2.05) is 6.92 Å². The molecule has 1 amide bonds. The van der Waals surface area contributed by atoms with Crippen molar-refractivity contribution in [3.8, 4) is 0 Å². The number of hydrogen-bond donors (Lipinski definition) is 2. The molecule has 4 heterocycles. The van der Waals surface area contributed by atoms with E-state index in [1.165, 1.54) is 12.7 Å². The number of imidazole rings is 1. The number of anilines is 1. The summed E-state index contributed by atoms with van der Waals surface area (Å²) in [6.45, 7) is 1.90. The molecule has 0 aliphatic carbocycles. The summed E-state index contributed by atoms with van der Waals surface area (Å²) in [6.07, 6.45) is 2.87. The molecular formula is C14H18N5O6P. The lowest BCUT2D eigenvalue weighted by atomic mass is 10.2. The molecule has 4 unspecified atom stereocenters. The highest BCUT2D eigenvalue weighted by Crippen LogP contribution is 2.52. The normalized spacial score (nSPS) is 31.1. The molecule has 2 aliphatic rings. The molecule has 0 radical (unpaired) electrons. The maximum atomic E-state index is 11.8. The second-order valence-electron chi connectivity index (χ2n) is 6.12. The van der Waals surface area contributed by atoms with Gasteiger partial charge in [-0.05, 0) is 6.42 Å². The number of ether oxygens (including phenoxy) is 1. The Kier molecular flexibility index (Phi) is 4.49. The van der Waals surface area contributed by atoms with Crippen molar-refractivity contribution in [3.63, 3.8) is 0 Å². The lowest BCUT2D eigenvalue weighted by Crippen LogP contribution is -2.32. The molecule has 2 aromatic heterocycles. The maximum absolute atomic E-state index is 11.8. The Labute approximate surface area is 148 Å². The van der Waals surface area contributed by atoms with Gasteiger partial charge in [0.2, 0.25) is 5.91 Å². The van der Waals surface area contributed by atoms with Crippen LogP contribution in [0.5, 0.6) is 0 Å². The number of nitrogens with zero attached hydrogens (tertiary/aromatic N) is 4. The number of rotatable bonds is 4. The summed E-state index contributed by atoms with van der Waals surface area (Å²) < 4.78 is 29.0. The molecule has 140 valence electrons. The van der Waals surface area contributed by atoms with Gasteiger partial charge in [-0.25, -0.2) is 19.5 Å². The van der Waals surface area contributed by atoms with E-state index in [4.69, 9.17) is 13.8 Å². The number of phosphoric acid groups is 1. The van der Waals surface area contributed by atoms with Gasteiger partial charge in [0.1, 0.15) is 24.8 Å². The van der Waals surface area contributed by atoms with Gasteiger partial charge in [-0.15, -0.1) is 0 Å². The van der Waals surface area contributed by atoms with Crippen molar-refractivity contribution in [2.24, 2.45) is 0 Å². The monoisotopic (exact) mass is 383 g/mol. The minimum absolute atomic E-state index is 0.0190. The van der Waals surface area contributed by atoms with Crippen LogP contribution >= 0.6 is 7.82 Å². The van der Waals surface area contributed by atoms with Gasteiger partial charge >= 0.3 is 7.82 Å². The molecule has 0 spiro atoms. The van der Waals surface area contributed by atoms with Crippen LogP contribution in [0.1, 0.15) is 32.4 Å².